The number of halogens is 2. The first-order valence-electron chi connectivity index (χ1n) is 0.628. The Kier molecular flexibility index (Phi) is 16.6. The van der Waals surface area contributed by atoms with Gasteiger partial charge in [-0.15, -0.1) is 0 Å². The van der Waals surface area contributed by atoms with E-state index >= 15 is 0 Å². The summed E-state index contributed by atoms with van der Waals surface area (Å²) in [6.07, 6.45) is 0. The van der Waals surface area contributed by atoms with Crippen molar-refractivity contribution in [2.75, 3.05) is 0 Å². The zero-order chi connectivity index (χ0) is 3.41. The molecule has 0 radical (unpaired) electrons. The fourth-order valence-corrected chi connectivity index (χ4v) is 0. The summed E-state index contributed by atoms with van der Waals surface area (Å²) in [7, 11) is 0. The van der Waals surface area contributed by atoms with Crippen LogP contribution in [-0.2, 0) is 0 Å². The Morgan fingerprint density at radius 2 is 1.20 bits per heavy atom. The average Bonchev–Trinajstić information content (AvgIpc) is 1.37. The van der Waals surface area contributed by atoms with Crippen LogP contribution in [0.25, 0.3) is 0 Å². The van der Waals surface area contributed by atoms with Gasteiger partial charge in [-0.2, -0.15) is 0 Å². The molecule has 0 saturated carbocycles. The van der Waals surface area contributed by atoms with Crippen molar-refractivity contribution in [1.82, 2.24) is 0 Å². The Labute approximate surface area is 58.1 Å². The monoisotopic (exact) mass is 296 g/mol. The fraction of sp³-hybridized carbons (Fsp3) is 0. The van der Waals surface area contributed by atoms with E-state index in [2.05, 4.69) is 7.85 Å². The van der Waals surface area contributed by atoms with Crippen LogP contribution in [0.1, 0.15) is 0 Å². The van der Waals surface area contributed by atoms with Gasteiger partial charge in [0.25, 0.3) is 0 Å². The topological polar surface area (TPSA) is 31.5 Å². The van der Waals surface area contributed by atoms with E-state index in [1.165, 1.54) is 0 Å². The van der Waals surface area contributed by atoms with Gasteiger partial charge in [-0.1, -0.05) is 0 Å². The summed E-state index contributed by atoms with van der Waals surface area (Å²) in [5, 5.41) is 0. The third-order valence-electron chi connectivity index (χ3n) is 0.0357. The molecule has 0 aliphatic carbocycles. The van der Waals surface area contributed by atoms with Crippen molar-refractivity contribution in [3.8, 4) is 7.85 Å². The van der Waals surface area contributed by atoms with Crippen LogP contribution in [0.4, 0.5) is 0 Å². The van der Waals surface area contributed by atoms with Gasteiger partial charge in [-0.05, 0) is 7.85 Å². The third-order valence-corrected chi connectivity index (χ3v) is 1.61. The SMILES string of the molecule is IC#CI.O. The molecule has 0 heterocycles. The maximum atomic E-state index is 2.64. The minimum atomic E-state index is 0. The van der Waals surface area contributed by atoms with Gasteiger partial charge < -0.3 is 5.48 Å². The van der Waals surface area contributed by atoms with E-state index in [1.54, 1.807) is 0 Å². The zero-order valence-electron chi connectivity index (χ0n) is 2.26. The molecule has 2 N–H and O–H groups in total. The standard InChI is InChI=1S/C2I2.H2O/c3-1-2-4;/h;1H2. The van der Waals surface area contributed by atoms with E-state index in [1.807, 2.05) is 45.2 Å². The molecule has 0 unspecified atom stereocenters. The molecule has 0 amide bonds. The summed E-state index contributed by atoms with van der Waals surface area (Å²) in [6.45, 7) is 0. The molecule has 1 nitrogen and oxygen atoms in total. The summed E-state index contributed by atoms with van der Waals surface area (Å²) in [4.78, 5) is 0. The fourth-order valence-electron chi connectivity index (χ4n) is 0. The Bertz CT molecular complexity index is 44.4. The molecule has 0 spiro atoms. The quantitative estimate of drug-likeness (QED) is 0.471. The molecule has 0 bridgehead atoms. The second-order valence-corrected chi connectivity index (χ2v) is 1.27. The van der Waals surface area contributed by atoms with Crippen LogP contribution in [0, 0.1) is 7.85 Å². The highest BCUT2D eigenvalue weighted by atomic mass is 127. The molecular formula is C2H2I2O. The summed E-state index contributed by atoms with van der Waals surface area (Å²) < 4.78 is 5.27. The van der Waals surface area contributed by atoms with Gasteiger partial charge in [0.2, 0.25) is 0 Å². The summed E-state index contributed by atoms with van der Waals surface area (Å²) in [5.41, 5.74) is 0. The van der Waals surface area contributed by atoms with Crippen molar-refractivity contribution < 1.29 is 5.48 Å². The molecule has 0 saturated heterocycles. The lowest BCUT2D eigenvalue weighted by Crippen LogP contribution is -1.08. The molecule has 0 aliphatic heterocycles. The Morgan fingerprint density at radius 1 is 1.00 bits per heavy atom. The van der Waals surface area contributed by atoms with E-state index < -0.39 is 0 Å². The van der Waals surface area contributed by atoms with Crippen LogP contribution in [-0.4, -0.2) is 5.48 Å². The minimum Gasteiger partial charge on any atom is -0.412 e. The van der Waals surface area contributed by atoms with Crippen LogP contribution in [0.3, 0.4) is 0 Å². The van der Waals surface area contributed by atoms with Crippen molar-refractivity contribution in [3.05, 3.63) is 0 Å². The molecule has 0 aromatic carbocycles. The van der Waals surface area contributed by atoms with Crippen LogP contribution >= 0.6 is 45.2 Å². The molecule has 0 rings (SSSR count). The van der Waals surface area contributed by atoms with E-state index in [-0.39, 0.29) is 5.48 Å². The van der Waals surface area contributed by atoms with E-state index in [0.29, 0.717) is 0 Å². The van der Waals surface area contributed by atoms with Gasteiger partial charge >= 0.3 is 0 Å². The summed E-state index contributed by atoms with van der Waals surface area (Å²) >= 11 is 3.97. The molecule has 5 heavy (non-hydrogen) atoms. The second kappa shape index (κ2) is 8.88. The predicted molar refractivity (Wildman–Crippen MR) is 39.4 cm³/mol. The lowest BCUT2D eigenvalue weighted by atomic mass is 11.4. The van der Waals surface area contributed by atoms with E-state index in [9.17, 15) is 0 Å². The normalized spacial score (nSPS) is 2.80. The largest absolute Gasteiger partial charge is 0.412 e. The van der Waals surface area contributed by atoms with Gasteiger partial charge in [-0.25, -0.2) is 0 Å². The van der Waals surface area contributed by atoms with Crippen molar-refractivity contribution in [1.29, 1.82) is 0 Å². The maximum Gasteiger partial charge on any atom is 0.0190 e. The number of hydrogen-bond donors (Lipinski definition) is 0. The third kappa shape index (κ3) is 11.3. The van der Waals surface area contributed by atoms with E-state index in [4.69, 9.17) is 0 Å². The lowest BCUT2D eigenvalue weighted by molar-refractivity contribution is 0.824. The van der Waals surface area contributed by atoms with Crippen molar-refractivity contribution in [2.24, 2.45) is 0 Å². The van der Waals surface area contributed by atoms with Crippen LogP contribution in [0.5, 0.6) is 0 Å². The van der Waals surface area contributed by atoms with E-state index in [0.717, 1.165) is 0 Å². The highest BCUT2D eigenvalue weighted by molar-refractivity contribution is 14.1. The maximum absolute atomic E-state index is 2.64. The Hall–Kier alpha value is 0.980. The summed E-state index contributed by atoms with van der Waals surface area (Å²) in [5.74, 6) is 0. The van der Waals surface area contributed by atoms with Crippen molar-refractivity contribution >= 4 is 45.2 Å². The first-order chi connectivity index (χ1) is 1.91. The first-order valence-corrected chi connectivity index (χ1v) is 2.79. The van der Waals surface area contributed by atoms with Crippen LogP contribution in [0.2, 0.25) is 0 Å². The molecule has 0 aromatic heterocycles. The Balaban J connectivity index is 0. The average molecular weight is 296 g/mol. The molecular weight excluding hydrogens is 294 g/mol. The van der Waals surface area contributed by atoms with Crippen molar-refractivity contribution in [2.45, 2.75) is 0 Å². The highest BCUT2D eigenvalue weighted by Gasteiger charge is 1.33. The molecule has 30 valence electrons. The molecule has 3 heteroatoms. The molecule has 0 atom stereocenters. The minimum absolute atomic E-state index is 0. The van der Waals surface area contributed by atoms with Crippen LogP contribution < -0.4 is 0 Å². The van der Waals surface area contributed by atoms with Gasteiger partial charge in [0.15, 0.2) is 0 Å². The van der Waals surface area contributed by atoms with Gasteiger partial charge in [0.1, 0.15) is 0 Å². The number of hydrogen-bond acceptors (Lipinski definition) is 0. The number of rotatable bonds is 0. The Morgan fingerprint density at radius 3 is 1.20 bits per heavy atom. The second-order valence-electron chi connectivity index (χ2n) is 0.189. The molecule has 0 fully saturated rings. The van der Waals surface area contributed by atoms with Gasteiger partial charge in [0.05, 0.1) is 0 Å². The first kappa shape index (κ1) is 9.36. The van der Waals surface area contributed by atoms with Gasteiger partial charge in [0, 0.05) is 45.2 Å². The van der Waals surface area contributed by atoms with Gasteiger partial charge in [-0.3, -0.25) is 0 Å². The smallest absolute Gasteiger partial charge is 0.0190 e. The summed E-state index contributed by atoms with van der Waals surface area (Å²) in [6, 6.07) is 0. The predicted octanol–water partition coefficient (Wildman–Crippen LogP) is 0.950. The lowest BCUT2D eigenvalue weighted by Gasteiger charge is -1.33. The highest BCUT2D eigenvalue weighted by Crippen LogP contribution is 1.75. The molecule has 0 aromatic rings. The van der Waals surface area contributed by atoms with Crippen molar-refractivity contribution in [3.63, 3.8) is 0 Å². The molecule has 0 aliphatic rings. The zero-order valence-corrected chi connectivity index (χ0v) is 6.57. The van der Waals surface area contributed by atoms with Crippen LogP contribution in [0.15, 0.2) is 0 Å².